The zero-order valence-electron chi connectivity index (χ0n) is 15.7. The van der Waals surface area contributed by atoms with E-state index in [2.05, 4.69) is 6.92 Å². The molecule has 1 saturated heterocycles. The number of rotatable bonds is 5. The van der Waals surface area contributed by atoms with Crippen LogP contribution >= 0.6 is 0 Å². The SMILES string of the molecule is COCC1OC(OC2OC=C(C(=O)OC)C3CCC(C)C23)C(O)C(O)C1O. The van der Waals surface area contributed by atoms with E-state index in [1.54, 1.807) is 0 Å². The normalized spacial score (nSPS) is 44.2. The second-order valence-electron chi connectivity index (χ2n) is 7.41. The standard InChI is InChI=1S/C18H28O9/c1-8-4-5-9-10(16(22)24-3)6-25-17(12(8)9)27-18-15(21)14(20)13(19)11(26-18)7-23-2/h6,8-9,11-15,17-21H,4-5,7H2,1-3H3. The van der Waals surface area contributed by atoms with Gasteiger partial charge in [-0.3, -0.25) is 0 Å². The molecule has 0 aromatic carbocycles. The van der Waals surface area contributed by atoms with Gasteiger partial charge >= 0.3 is 5.97 Å². The molecule has 27 heavy (non-hydrogen) atoms. The summed E-state index contributed by atoms with van der Waals surface area (Å²) in [7, 11) is 2.77. The first-order chi connectivity index (χ1) is 12.9. The molecule has 0 bridgehead atoms. The van der Waals surface area contributed by atoms with E-state index in [1.165, 1.54) is 20.5 Å². The Balaban J connectivity index is 1.76. The summed E-state index contributed by atoms with van der Waals surface area (Å²) in [6.07, 6.45) is -3.93. The average molecular weight is 388 g/mol. The molecule has 1 saturated carbocycles. The lowest BCUT2D eigenvalue weighted by Gasteiger charge is -2.43. The summed E-state index contributed by atoms with van der Waals surface area (Å²) in [5.41, 5.74) is 0.476. The molecule has 9 atom stereocenters. The van der Waals surface area contributed by atoms with E-state index >= 15 is 0 Å². The van der Waals surface area contributed by atoms with E-state index in [1.807, 2.05) is 0 Å². The first kappa shape index (κ1) is 20.5. The van der Waals surface area contributed by atoms with Gasteiger partial charge in [0, 0.05) is 18.9 Å². The van der Waals surface area contributed by atoms with E-state index in [4.69, 9.17) is 23.7 Å². The van der Waals surface area contributed by atoms with Gasteiger partial charge in [0.05, 0.1) is 25.6 Å². The lowest BCUT2D eigenvalue weighted by molar-refractivity contribution is -0.343. The number of hydrogen-bond acceptors (Lipinski definition) is 9. The van der Waals surface area contributed by atoms with E-state index in [0.717, 1.165) is 12.8 Å². The quantitative estimate of drug-likeness (QED) is 0.536. The Bertz CT molecular complexity index is 565. The molecule has 154 valence electrons. The monoisotopic (exact) mass is 388 g/mol. The topological polar surface area (TPSA) is 124 Å². The highest BCUT2D eigenvalue weighted by atomic mass is 16.8. The van der Waals surface area contributed by atoms with E-state index in [9.17, 15) is 20.1 Å². The maximum Gasteiger partial charge on any atom is 0.337 e. The van der Waals surface area contributed by atoms with Gasteiger partial charge in [0.1, 0.15) is 24.4 Å². The van der Waals surface area contributed by atoms with Crippen LogP contribution in [0.3, 0.4) is 0 Å². The van der Waals surface area contributed by atoms with Crippen LogP contribution in [-0.2, 0) is 28.5 Å². The van der Waals surface area contributed by atoms with Crippen molar-refractivity contribution in [1.29, 1.82) is 0 Å². The third-order valence-electron chi connectivity index (χ3n) is 5.79. The van der Waals surface area contributed by atoms with Crippen LogP contribution in [0.5, 0.6) is 0 Å². The molecule has 2 fully saturated rings. The second-order valence-corrected chi connectivity index (χ2v) is 7.41. The van der Waals surface area contributed by atoms with E-state index in [0.29, 0.717) is 5.57 Å². The van der Waals surface area contributed by atoms with Crippen molar-refractivity contribution >= 4 is 5.97 Å². The van der Waals surface area contributed by atoms with Gasteiger partial charge in [0.25, 0.3) is 0 Å². The van der Waals surface area contributed by atoms with Gasteiger partial charge < -0.3 is 39.0 Å². The molecule has 0 aromatic heterocycles. The maximum atomic E-state index is 12.0. The Labute approximate surface area is 157 Å². The molecule has 2 aliphatic heterocycles. The zero-order chi connectivity index (χ0) is 19.7. The van der Waals surface area contributed by atoms with E-state index < -0.39 is 43.0 Å². The van der Waals surface area contributed by atoms with E-state index in [-0.39, 0.29) is 24.4 Å². The van der Waals surface area contributed by atoms with Crippen molar-refractivity contribution in [1.82, 2.24) is 0 Å². The maximum absolute atomic E-state index is 12.0. The summed E-state index contributed by atoms with van der Waals surface area (Å²) >= 11 is 0. The summed E-state index contributed by atoms with van der Waals surface area (Å²) in [5, 5.41) is 30.4. The van der Waals surface area contributed by atoms with Gasteiger partial charge in [0.2, 0.25) is 6.29 Å². The van der Waals surface area contributed by atoms with Crippen molar-refractivity contribution in [3.63, 3.8) is 0 Å². The predicted molar refractivity (Wildman–Crippen MR) is 90.0 cm³/mol. The largest absolute Gasteiger partial charge is 0.472 e. The van der Waals surface area contributed by atoms with Crippen LogP contribution in [0.2, 0.25) is 0 Å². The molecular formula is C18H28O9. The van der Waals surface area contributed by atoms with Crippen LogP contribution in [0.1, 0.15) is 19.8 Å². The number of esters is 1. The minimum Gasteiger partial charge on any atom is -0.472 e. The van der Waals surface area contributed by atoms with Gasteiger partial charge in [-0.15, -0.1) is 0 Å². The van der Waals surface area contributed by atoms with Crippen molar-refractivity contribution in [2.45, 2.75) is 56.8 Å². The Morgan fingerprint density at radius 2 is 1.89 bits per heavy atom. The molecule has 1 aliphatic carbocycles. The van der Waals surface area contributed by atoms with Gasteiger partial charge in [0.15, 0.2) is 6.29 Å². The molecule has 9 nitrogen and oxygen atoms in total. The number of methoxy groups -OCH3 is 2. The molecule has 3 rings (SSSR count). The van der Waals surface area contributed by atoms with Gasteiger partial charge in [-0.1, -0.05) is 6.92 Å². The van der Waals surface area contributed by atoms with Crippen molar-refractivity contribution in [2.75, 3.05) is 20.8 Å². The van der Waals surface area contributed by atoms with Crippen molar-refractivity contribution in [3.8, 4) is 0 Å². The van der Waals surface area contributed by atoms with Crippen LogP contribution in [0, 0.1) is 17.8 Å². The first-order valence-corrected chi connectivity index (χ1v) is 9.17. The van der Waals surface area contributed by atoms with Crippen LogP contribution < -0.4 is 0 Å². The fourth-order valence-corrected chi connectivity index (χ4v) is 4.27. The lowest BCUT2D eigenvalue weighted by Crippen LogP contribution is -2.60. The Kier molecular flexibility index (Phi) is 6.39. The molecule has 9 heteroatoms. The summed E-state index contributed by atoms with van der Waals surface area (Å²) in [6, 6.07) is 0. The van der Waals surface area contributed by atoms with Crippen molar-refractivity contribution < 1.29 is 43.8 Å². The third-order valence-corrected chi connectivity index (χ3v) is 5.79. The number of ether oxygens (including phenoxy) is 5. The molecule has 3 aliphatic rings. The predicted octanol–water partition coefficient (Wildman–Crippen LogP) is -0.467. The number of fused-ring (bicyclic) bond motifs is 1. The Morgan fingerprint density at radius 1 is 1.15 bits per heavy atom. The molecule has 9 unspecified atom stereocenters. The zero-order valence-corrected chi connectivity index (χ0v) is 15.7. The highest BCUT2D eigenvalue weighted by Gasteiger charge is 2.50. The second kappa shape index (κ2) is 8.42. The van der Waals surface area contributed by atoms with Crippen LogP contribution in [0.4, 0.5) is 0 Å². The Hall–Kier alpha value is -1.23. The third kappa shape index (κ3) is 3.85. The molecule has 0 aromatic rings. The van der Waals surface area contributed by atoms with Crippen LogP contribution in [0.15, 0.2) is 11.8 Å². The van der Waals surface area contributed by atoms with Crippen LogP contribution in [-0.4, -0.2) is 79.1 Å². The molecule has 3 N–H and O–H groups in total. The van der Waals surface area contributed by atoms with Gasteiger partial charge in [-0.2, -0.15) is 0 Å². The van der Waals surface area contributed by atoms with Crippen molar-refractivity contribution in [2.24, 2.45) is 17.8 Å². The van der Waals surface area contributed by atoms with Crippen molar-refractivity contribution in [3.05, 3.63) is 11.8 Å². The molecule has 0 spiro atoms. The fraction of sp³-hybridized carbons (Fsp3) is 0.833. The molecule has 0 radical (unpaired) electrons. The average Bonchev–Trinajstić information content (AvgIpc) is 3.05. The number of hydrogen-bond donors (Lipinski definition) is 3. The minimum atomic E-state index is -1.45. The summed E-state index contributed by atoms with van der Waals surface area (Å²) in [6.45, 7) is 2.08. The molecule has 2 heterocycles. The molecular weight excluding hydrogens is 360 g/mol. The number of carbonyl (C=O) groups is 1. The first-order valence-electron chi connectivity index (χ1n) is 9.17. The Morgan fingerprint density at radius 3 is 2.56 bits per heavy atom. The molecule has 0 amide bonds. The highest BCUT2D eigenvalue weighted by molar-refractivity contribution is 5.89. The van der Waals surface area contributed by atoms with Crippen LogP contribution in [0.25, 0.3) is 0 Å². The minimum absolute atomic E-state index is 0.0329. The number of aliphatic hydroxyl groups excluding tert-OH is 3. The lowest BCUT2D eigenvalue weighted by atomic mass is 9.83. The number of carbonyl (C=O) groups excluding carboxylic acids is 1. The highest BCUT2D eigenvalue weighted by Crippen LogP contribution is 2.47. The number of aliphatic hydroxyl groups is 3. The smallest absolute Gasteiger partial charge is 0.337 e. The van der Waals surface area contributed by atoms with Gasteiger partial charge in [-0.05, 0) is 18.8 Å². The summed E-state index contributed by atoms with van der Waals surface area (Å²) in [5.74, 6) is -0.397. The summed E-state index contributed by atoms with van der Waals surface area (Å²) < 4.78 is 26.9. The summed E-state index contributed by atoms with van der Waals surface area (Å²) in [4.78, 5) is 12.0. The van der Waals surface area contributed by atoms with Gasteiger partial charge in [-0.25, -0.2) is 4.79 Å². The fourth-order valence-electron chi connectivity index (χ4n) is 4.27.